The second kappa shape index (κ2) is 9.87. The number of rotatable bonds is 5. The molecule has 0 aromatic heterocycles. The van der Waals surface area contributed by atoms with Crippen LogP contribution in [0.2, 0.25) is 0 Å². The molecule has 2 N–H and O–H groups in total. The van der Waals surface area contributed by atoms with Crippen LogP contribution in [0.25, 0.3) is 0 Å². The Balaban J connectivity index is 0.00000200. The number of anilines is 2. The summed E-state index contributed by atoms with van der Waals surface area (Å²) in [5, 5.41) is 6.01. The molecular weight excluding hydrogens is 309 g/mol. The molecule has 0 saturated carbocycles. The summed E-state index contributed by atoms with van der Waals surface area (Å²) in [7, 11) is 1.86. The molecule has 1 atom stereocenters. The molecule has 2 rings (SSSR count). The number of hydrogen-bond donors (Lipinski definition) is 2. The number of benzene rings is 1. The lowest BCUT2D eigenvalue weighted by molar-refractivity contribution is -0.119. The summed E-state index contributed by atoms with van der Waals surface area (Å²) in [5.41, 5.74) is 2.09. The summed E-state index contributed by atoms with van der Waals surface area (Å²) in [6.45, 7) is 4.86. The number of hydrogen-bond acceptors (Lipinski definition) is 3. The van der Waals surface area contributed by atoms with Crippen LogP contribution in [-0.4, -0.2) is 32.6 Å². The van der Waals surface area contributed by atoms with E-state index in [0.717, 1.165) is 18.8 Å². The monoisotopic (exact) mass is 333 g/mol. The van der Waals surface area contributed by atoms with E-state index in [1.54, 1.807) is 0 Å². The predicted octanol–water partition coefficient (Wildman–Crippen LogP) is 2.92. The molecule has 0 radical (unpaired) electrons. The minimum Gasteiger partial charge on any atom is -0.371 e. The molecule has 21 heavy (non-hydrogen) atoms. The molecule has 0 spiro atoms. The second-order valence-corrected chi connectivity index (χ2v) is 5.19. The van der Waals surface area contributed by atoms with Crippen LogP contribution < -0.4 is 15.5 Å². The van der Waals surface area contributed by atoms with Gasteiger partial charge in [-0.1, -0.05) is 13.0 Å². The van der Waals surface area contributed by atoms with E-state index in [2.05, 4.69) is 27.7 Å². The quantitative estimate of drug-likeness (QED) is 0.870. The highest BCUT2D eigenvalue weighted by Gasteiger charge is 2.14. The molecule has 1 aliphatic rings. The van der Waals surface area contributed by atoms with E-state index in [1.807, 2.05) is 26.1 Å². The Kier molecular flexibility index (Phi) is 9.42. The topological polar surface area (TPSA) is 44.4 Å². The molecule has 1 saturated heterocycles. The zero-order chi connectivity index (χ0) is 13.7. The molecule has 1 aliphatic heterocycles. The van der Waals surface area contributed by atoms with Crippen LogP contribution in [0.15, 0.2) is 24.3 Å². The Bertz CT molecular complexity index is 437. The molecule has 120 valence electrons. The van der Waals surface area contributed by atoms with Gasteiger partial charge in [-0.15, -0.1) is 24.8 Å². The van der Waals surface area contributed by atoms with Crippen molar-refractivity contribution < 1.29 is 4.79 Å². The third-order valence-electron chi connectivity index (χ3n) is 3.54. The summed E-state index contributed by atoms with van der Waals surface area (Å²) in [6.07, 6.45) is 2.52. The maximum Gasteiger partial charge on any atom is 0.228 e. The molecule has 0 bridgehead atoms. The molecule has 1 fully saturated rings. The zero-order valence-electron chi connectivity index (χ0n) is 12.6. The van der Waals surface area contributed by atoms with E-state index in [1.165, 1.54) is 18.5 Å². The maximum atomic E-state index is 12.0. The van der Waals surface area contributed by atoms with Gasteiger partial charge in [0, 0.05) is 36.9 Å². The lowest BCUT2D eigenvalue weighted by Crippen LogP contribution is -2.28. The van der Waals surface area contributed by atoms with Gasteiger partial charge in [-0.05, 0) is 38.1 Å². The predicted molar refractivity (Wildman–Crippen MR) is 94.1 cm³/mol. The molecule has 1 aromatic carbocycles. The highest BCUT2D eigenvalue weighted by Crippen LogP contribution is 2.23. The Morgan fingerprint density at radius 2 is 1.95 bits per heavy atom. The average Bonchev–Trinajstić information content (AvgIpc) is 2.93. The van der Waals surface area contributed by atoms with Gasteiger partial charge in [0.05, 0.1) is 0 Å². The van der Waals surface area contributed by atoms with Gasteiger partial charge < -0.3 is 15.5 Å². The summed E-state index contributed by atoms with van der Waals surface area (Å²) in [6, 6.07) is 8.13. The fraction of sp³-hybridized carbons (Fsp3) is 0.533. The van der Waals surface area contributed by atoms with Crippen LogP contribution in [0.1, 0.15) is 19.8 Å². The maximum absolute atomic E-state index is 12.0. The number of nitrogens with one attached hydrogen (secondary N) is 2. The molecule has 0 aliphatic carbocycles. The van der Waals surface area contributed by atoms with Gasteiger partial charge in [0.2, 0.25) is 5.91 Å². The standard InChI is InChI=1S/C15H23N3O.2ClH/c1-12(11-16-2)15(19)17-13-6-5-7-14(10-13)18-8-3-4-9-18;;/h5-7,10,12,16H,3-4,8-9,11H2,1-2H3,(H,17,19);2*1H. The van der Waals surface area contributed by atoms with Gasteiger partial charge >= 0.3 is 0 Å². The number of carbonyl (C=O) groups excluding carboxylic acids is 1. The van der Waals surface area contributed by atoms with E-state index in [0.29, 0.717) is 6.54 Å². The fourth-order valence-corrected chi connectivity index (χ4v) is 2.42. The first-order valence-corrected chi connectivity index (χ1v) is 7.01. The second-order valence-electron chi connectivity index (χ2n) is 5.19. The molecule has 6 heteroatoms. The molecule has 4 nitrogen and oxygen atoms in total. The van der Waals surface area contributed by atoms with Gasteiger partial charge in [0.25, 0.3) is 0 Å². The lowest BCUT2D eigenvalue weighted by atomic mass is 10.1. The molecular formula is C15H25Cl2N3O. The molecule has 1 aromatic rings. The van der Waals surface area contributed by atoms with Crippen molar-refractivity contribution >= 4 is 42.1 Å². The van der Waals surface area contributed by atoms with Crippen LogP contribution in [0.3, 0.4) is 0 Å². The summed E-state index contributed by atoms with van der Waals surface area (Å²) in [5.74, 6) is 0.0355. The van der Waals surface area contributed by atoms with Crippen molar-refractivity contribution in [2.45, 2.75) is 19.8 Å². The highest BCUT2D eigenvalue weighted by molar-refractivity contribution is 5.93. The first-order valence-electron chi connectivity index (χ1n) is 7.01. The first-order chi connectivity index (χ1) is 9.20. The van der Waals surface area contributed by atoms with Crippen molar-refractivity contribution in [1.82, 2.24) is 5.32 Å². The number of carbonyl (C=O) groups is 1. The fourth-order valence-electron chi connectivity index (χ4n) is 2.42. The minimum atomic E-state index is -0.0274. The van der Waals surface area contributed by atoms with Gasteiger partial charge in [0.1, 0.15) is 0 Å². The SMILES string of the molecule is CNCC(C)C(=O)Nc1cccc(N2CCCC2)c1.Cl.Cl. The number of nitrogens with zero attached hydrogens (tertiary/aromatic N) is 1. The minimum absolute atomic E-state index is 0. The third kappa shape index (κ3) is 5.73. The Morgan fingerprint density at radius 1 is 1.29 bits per heavy atom. The summed E-state index contributed by atoms with van der Waals surface area (Å²) >= 11 is 0. The summed E-state index contributed by atoms with van der Waals surface area (Å²) < 4.78 is 0. The van der Waals surface area contributed by atoms with Crippen molar-refractivity contribution in [2.24, 2.45) is 5.92 Å². The van der Waals surface area contributed by atoms with Crippen LogP contribution in [0.4, 0.5) is 11.4 Å². The Labute approximate surface area is 139 Å². The van der Waals surface area contributed by atoms with E-state index in [4.69, 9.17) is 0 Å². The third-order valence-corrected chi connectivity index (χ3v) is 3.54. The van der Waals surface area contributed by atoms with Gasteiger partial charge in [0.15, 0.2) is 0 Å². The molecule has 1 unspecified atom stereocenters. The van der Waals surface area contributed by atoms with Gasteiger partial charge in [-0.25, -0.2) is 0 Å². The Hall–Kier alpha value is -0.970. The van der Waals surface area contributed by atoms with Crippen molar-refractivity contribution in [3.8, 4) is 0 Å². The van der Waals surface area contributed by atoms with Crippen molar-refractivity contribution in [1.29, 1.82) is 0 Å². The van der Waals surface area contributed by atoms with Crippen LogP contribution >= 0.6 is 24.8 Å². The highest BCUT2D eigenvalue weighted by atomic mass is 35.5. The molecule has 1 amide bonds. The number of halogens is 2. The van der Waals surface area contributed by atoms with E-state index in [-0.39, 0.29) is 36.6 Å². The normalized spacial score (nSPS) is 14.9. The lowest BCUT2D eigenvalue weighted by Gasteiger charge is -2.19. The van der Waals surface area contributed by atoms with Crippen molar-refractivity contribution in [3.63, 3.8) is 0 Å². The largest absolute Gasteiger partial charge is 0.371 e. The van der Waals surface area contributed by atoms with Gasteiger partial charge in [-0.2, -0.15) is 0 Å². The molecule has 1 heterocycles. The van der Waals surface area contributed by atoms with E-state index < -0.39 is 0 Å². The summed E-state index contributed by atoms with van der Waals surface area (Å²) in [4.78, 5) is 14.3. The van der Waals surface area contributed by atoms with Crippen LogP contribution in [0, 0.1) is 5.92 Å². The van der Waals surface area contributed by atoms with Gasteiger partial charge in [-0.3, -0.25) is 4.79 Å². The van der Waals surface area contributed by atoms with Crippen LogP contribution in [0.5, 0.6) is 0 Å². The van der Waals surface area contributed by atoms with E-state index >= 15 is 0 Å². The number of amides is 1. The van der Waals surface area contributed by atoms with E-state index in [9.17, 15) is 4.79 Å². The average molecular weight is 334 g/mol. The Morgan fingerprint density at radius 3 is 2.57 bits per heavy atom. The van der Waals surface area contributed by atoms with Crippen molar-refractivity contribution in [3.05, 3.63) is 24.3 Å². The smallest absolute Gasteiger partial charge is 0.228 e. The van der Waals surface area contributed by atoms with Crippen molar-refractivity contribution in [2.75, 3.05) is 36.9 Å². The zero-order valence-corrected chi connectivity index (χ0v) is 14.2. The first kappa shape index (κ1) is 20.0. The van der Waals surface area contributed by atoms with Crippen LogP contribution in [-0.2, 0) is 4.79 Å².